The molecule has 0 bridgehead atoms. The van der Waals surface area contributed by atoms with Crippen molar-refractivity contribution < 1.29 is 9.53 Å². The Morgan fingerprint density at radius 2 is 2.06 bits per heavy atom. The van der Waals surface area contributed by atoms with Gasteiger partial charge >= 0.3 is 0 Å². The van der Waals surface area contributed by atoms with E-state index in [2.05, 4.69) is 31.1 Å². The van der Waals surface area contributed by atoms with E-state index in [0.29, 0.717) is 13.2 Å². The van der Waals surface area contributed by atoms with Gasteiger partial charge in [0.1, 0.15) is 0 Å². The summed E-state index contributed by atoms with van der Waals surface area (Å²) < 4.78 is 5.43. The van der Waals surface area contributed by atoms with Gasteiger partial charge in [-0.15, -0.1) is 0 Å². The molecule has 0 aromatic rings. The molecule has 2 saturated heterocycles. The fourth-order valence-electron chi connectivity index (χ4n) is 2.75. The van der Waals surface area contributed by atoms with Gasteiger partial charge < -0.3 is 15.0 Å². The maximum atomic E-state index is 12.6. The van der Waals surface area contributed by atoms with E-state index in [-0.39, 0.29) is 23.4 Å². The Morgan fingerprint density at radius 1 is 1.33 bits per heavy atom. The van der Waals surface area contributed by atoms with Gasteiger partial charge in [0.25, 0.3) is 0 Å². The summed E-state index contributed by atoms with van der Waals surface area (Å²) in [5, 5.41) is 3.18. The molecule has 2 heterocycles. The summed E-state index contributed by atoms with van der Waals surface area (Å²) in [6.07, 6.45) is 0. The molecule has 2 aliphatic rings. The van der Waals surface area contributed by atoms with Crippen molar-refractivity contribution in [2.45, 2.75) is 25.4 Å². The Morgan fingerprint density at radius 3 is 2.67 bits per heavy atom. The van der Waals surface area contributed by atoms with Crippen LogP contribution in [0.2, 0.25) is 0 Å². The Labute approximate surface area is 109 Å². The molecule has 2 atom stereocenters. The first-order valence-electron chi connectivity index (χ1n) is 6.71. The number of piperazine rings is 1. The van der Waals surface area contributed by atoms with Crippen LogP contribution in [0.25, 0.3) is 0 Å². The number of likely N-dealkylation sites (N-methyl/N-ethyl adjacent to an activating group) is 2. The number of hydrogen-bond acceptors (Lipinski definition) is 4. The lowest BCUT2D eigenvalue weighted by atomic mass is 9.96. The number of nitrogens with zero attached hydrogens (tertiary/aromatic N) is 2. The molecule has 18 heavy (non-hydrogen) atoms. The molecule has 2 rings (SSSR count). The van der Waals surface area contributed by atoms with Gasteiger partial charge in [-0.1, -0.05) is 0 Å². The van der Waals surface area contributed by atoms with Gasteiger partial charge in [0.05, 0.1) is 19.1 Å². The number of hydrogen-bond donors (Lipinski definition) is 1. The molecule has 0 spiro atoms. The smallest absolute Gasteiger partial charge is 0.229 e. The maximum Gasteiger partial charge on any atom is 0.229 e. The zero-order valence-electron chi connectivity index (χ0n) is 11.9. The SMILES string of the molecule is CNC1COCC1C(=O)N1CCN(C)C(C)(C)C1. The van der Waals surface area contributed by atoms with E-state index in [4.69, 9.17) is 4.74 Å². The van der Waals surface area contributed by atoms with Crippen LogP contribution >= 0.6 is 0 Å². The zero-order chi connectivity index (χ0) is 13.3. The van der Waals surface area contributed by atoms with Gasteiger partial charge in [0.15, 0.2) is 0 Å². The predicted octanol–water partition coefficient (Wildman–Crippen LogP) is -0.227. The largest absolute Gasteiger partial charge is 0.379 e. The Kier molecular flexibility index (Phi) is 3.94. The van der Waals surface area contributed by atoms with Gasteiger partial charge in [-0.3, -0.25) is 9.69 Å². The second kappa shape index (κ2) is 5.15. The number of carbonyl (C=O) groups is 1. The predicted molar refractivity (Wildman–Crippen MR) is 70.4 cm³/mol. The summed E-state index contributed by atoms with van der Waals surface area (Å²) in [6.45, 7) is 8.14. The molecule has 0 saturated carbocycles. The van der Waals surface area contributed by atoms with Crippen LogP contribution in [0.5, 0.6) is 0 Å². The van der Waals surface area contributed by atoms with Crippen LogP contribution in [0, 0.1) is 5.92 Å². The molecule has 0 aromatic heterocycles. The third kappa shape index (κ3) is 2.53. The van der Waals surface area contributed by atoms with Crippen LogP contribution in [-0.4, -0.2) is 74.2 Å². The molecule has 2 unspecified atom stereocenters. The quantitative estimate of drug-likeness (QED) is 0.740. The van der Waals surface area contributed by atoms with Crippen molar-refractivity contribution >= 4 is 5.91 Å². The second-order valence-corrected chi connectivity index (χ2v) is 6.03. The fraction of sp³-hybridized carbons (Fsp3) is 0.923. The monoisotopic (exact) mass is 255 g/mol. The number of amides is 1. The minimum absolute atomic E-state index is 0.0193. The average Bonchev–Trinajstić information content (AvgIpc) is 2.79. The normalized spacial score (nSPS) is 32.8. The summed E-state index contributed by atoms with van der Waals surface area (Å²) in [5.74, 6) is 0.224. The molecular formula is C13H25N3O2. The second-order valence-electron chi connectivity index (χ2n) is 6.03. The first kappa shape index (κ1) is 13.8. The van der Waals surface area contributed by atoms with E-state index < -0.39 is 0 Å². The van der Waals surface area contributed by atoms with E-state index in [9.17, 15) is 4.79 Å². The van der Waals surface area contributed by atoms with Crippen LogP contribution in [-0.2, 0) is 9.53 Å². The van der Waals surface area contributed by atoms with Gasteiger partial charge in [-0.2, -0.15) is 0 Å². The van der Waals surface area contributed by atoms with E-state index in [0.717, 1.165) is 19.6 Å². The van der Waals surface area contributed by atoms with Crippen molar-refractivity contribution in [1.29, 1.82) is 0 Å². The van der Waals surface area contributed by atoms with Crippen LogP contribution in [0.15, 0.2) is 0 Å². The molecule has 0 aliphatic carbocycles. The topological polar surface area (TPSA) is 44.8 Å². The van der Waals surface area contributed by atoms with Gasteiger partial charge in [-0.25, -0.2) is 0 Å². The van der Waals surface area contributed by atoms with Gasteiger partial charge in [0, 0.05) is 31.2 Å². The summed E-state index contributed by atoms with van der Waals surface area (Å²) in [4.78, 5) is 16.9. The molecule has 5 heteroatoms. The minimum Gasteiger partial charge on any atom is -0.379 e. The summed E-state index contributed by atoms with van der Waals surface area (Å²) >= 11 is 0. The minimum atomic E-state index is -0.0193. The highest BCUT2D eigenvalue weighted by Crippen LogP contribution is 2.23. The molecule has 1 amide bonds. The molecule has 1 N–H and O–H groups in total. The Bertz CT molecular complexity index is 319. The summed E-state index contributed by atoms with van der Waals surface area (Å²) in [5.41, 5.74) is 0.0580. The third-order valence-corrected chi connectivity index (χ3v) is 4.40. The van der Waals surface area contributed by atoms with E-state index >= 15 is 0 Å². The van der Waals surface area contributed by atoms with Crippen LogP contribution in [0.4, 0.5) is 0 Å². The van der Waals surface area contributed by atoms with Crippen molar-refractivity contribution in [3.05, 3.63) is 0 Å². The van der Waals surface area contributed by atoms with E-state index in [1.54, 1.807) is 0 Å². The number of nitrogens with one attached hydrogen (secondary N) is 1. The van der Waals surface area contributed by atoms with Crippen LogP contribution in [0.3, 0.4) is 0 Å². The number of ether oxygens (including phenoxy) is 1. The Balaban J connectivity index is 2.01. The highest BCUT2D eigenvalue weighted by Gasteiger charge is 2.39. The highest BCUT2D eigenvalue weighted by atomic mass is 16.5. The van der Waals surface area contributed by atoms with E-state index in [1.165, 1.54) is 0 Å². The molecular weight excluding hydrogens is 230 g/mol. The fourth-order valence-corrected chi connectivity index (χ4v) is 2.75. The maximum absolute atomic E-state index is 12.6. The first-order valence-corrected chi connectivity index (χ1v) is 6.71. The first-order chi connectivity index (χ1) is 8.45. The zero-order valence-corrected chi connectivity index (χ0v) is 11.9. The molecule has 104 valence electrons. The number of rotatable bonds is 2. The molecule has 0 aromatic carbocycles. The average molecular weight is 255 g/mol. The van der Waals surface area contributed by atoms with Crippen LogP contribution in [0.1, 0.15) is 13.8 Å². The summed E-state index contributed by atoms with van der Waals surface area (Å²) in [6, 6.07) is 0.167. The lowest BCUT2D eigenvalue weighted by molar-refractivity contribution is -0.140. The highest BCUT2D eigenvalue weighted by molar-refractivity contribution is 5.80. The van der Waals surface area contributed by atoms with Crippen molar-refractivity contribution in [2.24, 2.45) is 5.92 Å². The Hall–Kier alpha value is -0.650. The number of carbonyl (C=O) groups excluding carboxylic acids is 1. The lowest BCUT2D eigenvalue weighted by Crippen LogP contribution is -2.60. The van der Waals surface area contributed by atoms with Crippen molar-refractivity contribution in [3.63, 3.8) is 0 Å². The van der Waals surface area contributed by atoms with Crippen LogP contribution < -0.4 is 5.32 Å². The van der Waals surface area contributed by atoms with E-state index in [1.807, 2.05) is 11.9 Å². The molecule has 2 aliphatic heterocycles. The van der Waals surface area contributed by atoms with Crippen molar-refractivity contribution in [3.8, 4) is 0 Å². The molecule has 2 fully saturated rings. The third-order valence-electron chi connectivity index (χ3n) is 4.40. The van der Waals surface area contributed by atoms with Crippen molar-refractivity contribution in [2.75, 3.05) is 46.9 Å². The summed E-state index contributed by atoms with van der Waals surface area (Å²) in [7, 11) is 4.02. The lowest BCUT2D eigenvalue weighted by Gasteiger charge is -2.46. The molecule has 5 nitrogen and oxygen atoms in total. The van der Waals surface area contributed by atoms with Crippen molar-refractivity contribution in [1.82, 2.24) is 15.1 Å². The molecule has 0 radical (unpaired) electrons. The van der Waals surface area contributed by atoms with Gasteiger partial charge in [-0.05, 0) is 27.9 Å². The van der Waals surface area contributed by atoms with Gasteiger partial charge in [0.2, 0.25) is 5.91 Å². The standard InChI is InChI=1S/C13H25N3O2/c1-13(2)9-16(6-5-15(13)4)12(17)10-7-18-8-11(10)14-3/h10-11,14H,5-9H2,1-4H3.